The number of carbonyl (C=O) groups is 1. The summed E-state index contributed by atoms with van der Waals surface area (Å²) in [6.07, 6.45) is 1.37. The average Bonchev–Trinajstić information content (AvgIpc) is 2.92. The van der Waals surface area contributed by atoms with Gasteiger partial charge in [-0.15, -0.1) is 0 Å². The molecule has 0 spiro atoms. The van der Waals surface area contributed by atoms with Gasteiger partial charge in [-0.25, -0.2) is 0 Å². The van der Waals surface area contributed by atoms with Gasteiger partial charge in [0.15, 0.2) is 11.5 Å². The van der Waals surface area contributed by atoms with E-state index in [1.165, 1.54) is 5.56 Å². The summed E-state index contributed by atoms with van der Waals surface area (Å²) in [6.45, 7) is 5.09. The van der Waals surface area contributed by atoms with E-state index >= 15 is 0 Å². The van der Waals surface area contributed by atoms with E-state index in [2.05, 4.69) is 17.9 Å². The topological polar surface area (TPSA) is 51.2 Å². The second kappa shape index (κ2) is 10.3. The summed E-state index contributed by atoms with van der Waals surface area (Å²) >= 11 is 0. The number of benzene rings is 2. The van der Waals surface area contributed by atoms with E-state index in [0.717, 1.165) is 37.4 Å². The van der Waals surface area contributed by atoms with Crippen LogP contribution in [0.2, 0.25) is 0 Å². The molecule has 162 valence electrons. The Morgan fingerprint density at radius 2 is 1.93 bits per heavy atom. The van der Waals surface area contributed by atoms with Crippen molar-refractivity contribution < 1.29 is 19.0 Å². The molecule has 1 unspecified atom stereocenters. The number of ether oxygens (including phenoxy) is 3. The van der Waals surface area contributed by atoms with Crippen LogP contribution in [-0.2, 0) is 17.8 Å². The maximum absolute atomic E-state index is 12.7. The molecule has 3 rings (SSSR count). The minimum Gasteiger partial charge on any atom is -0.493 e. The highest BCUT2D eigenvalue weighted by atomic mass is 16.5. The van der Waals surface area contributed by atoms with Gasteiger partial charge in [-0.1, -0.05) is 24.3 Å². The lowest BCUT2D eigenvalue weighted by molar-refractivity contribution is -0.130. The van der Waals surface area contributed by atoms with Crippen LogP contribution in [0.1, 0.15) is 24.5 Å². The van der Waals surface area contributed by atoms with Gasteiger partial charge in [0.1, 0.15) is 11.9 Å². The highest BCUT2D eigenvalue weighted by Gasteiger charge is 2.21. The molecule has 0 saturated heterocycles. The lowest BCUT2D eigenvalue weighted by Gasteiger charge is -2.23. The molecule has 1 atom stereocenters. The smallest absolute Gasteiger partial charge is 0.223 e. The Morgan fingerprint density at radius 3 is 2.70 bits per heavy atom. The molecule has 0 aliphatic carbocycles. The Balaban J connectivity index is 1.50. The highest BCUT2D eigenvalue weighted by Crippen LogP contribution is 2.28. The third kappa shape index (κ3) is 5.66. The predicted octanol–water partition coefficient (Wildman–Crippen LogP) is 3.38. The SMILES string of the molecule is COc1ccc(CCN(C)C(=O)CCN2Cc3ccccc3OC(C)C2)cc1OC. The number of carbonyl (C=O) groups excluding carboxylic acids is 1. The largest absolute Gasteiger partial charge is 0.493 e. The number of para-hydroxylation sites is 1. The molecule has 0 fully saturated rings. The van der Waals surface area contributed by atoms with Crippen molar-refractivity contribution in [3.05, 3.63) is 53.6 Å². The van der Waals surface area contributed by atoms with Crippen LogP contribution in [0.25, 0.3) is 0 Å². The standard InChI is InChI=1S/C24H32N2O4/c1-18-16-26(17-20-7-5-6-8-21(20)30-18)14-12-24(27)25(2)13-11-19-9-10-22(28-3)23(15-19)29-4/h5-10,15,18H,11-14,16-17H2,1-4H3. The van der Waals surface area contributed by atoms with E-state index in [-0.39, 0.29) is 12.0 Å². The third-order valence-corrected chi connectivity index (χ3v) is 5.46. The molecule has 2 aromatic rings. The first-order valence-electron chi connectivity index (χ1n) is 10.4. The van der Waals surface area contributed by atoms with Gasteiger partial charge in [0.05, 0.1) is 14.2 Å². The van der Waals surface area contributed by atoms with Crippen LogP contribution in [0, 0.1) is 0 Å². The van der Waals surface area contributed by atoms with Crippen LogP contribution in [0.5, 0.6) is 17.2 Å². The number of hydrogen-bond acceptors (Lipinski definition) is 5. The zero-order chi connectivity index (χ0) is 21.5. The molecule has 0 aromatic heterocycles. The summed E-state index contributed by atoms with van der Waals surface area (Å²) in [5, 5.41) is 0. The molecule has 1 heterocycles. The molecule has 0 saturated carbocycles. The Hall–Kier alpha value is -2.73. The molecule has 2 aromatic carbocycles. The van der Waals surface area contributed by atoms with Crippen molar-refractivity contribution in [3.8, 4) is 17.2 Å². The number of fused-ring (bicyclic) bond motifs is 1. The van der Waals surface area contributed by atoms with Crippen molar-refractivity contribution in [1.82, 2.24) is 9.80 Å². The van der Waals surface area contributed by atoms with Crippen LogP contribution in [0.4, 0.5) is 0 Å². The molecular weight excluding hydrogens is 380 g/mol. The van der Waals surface area contributed by atoms with E-state index in [0.29, 0.717) is 24.5 Å². The van der Waals surface area contributed by atoms with Crippen LogP contribution < -0.4 is 14.2 Å². The minimum absolute atomic E-state index is 0.103. The molecule has 0 bridgehead atoms. The number of methoxy groups -OCH3 is 2. The van der Waals surface area contributed by atoms with E-state index in [9.17, 15) is 4.79 Å². The van der Waals surface area contributed by atoms with Crippen LogP contribution in [0.3, 0.4) is 0 Å². The van der Waals surface area contributed by atoms with Crippen molar-refractivity contribution in [1.29, 1.82) is 0 Å². The Kier molecular flexibility index (Phi) is 7.57. The lowest BCUT2D eigenvalue weighted by Crippen LogP contribution is -2.36. The summed E-state index contributed by atoms with van der Waals surface area (Å²) in [4.78, 5) is 16.8. The molecule has 6 heteroatoms. The third-order valence-electron chi connectivity index (χ3n) is 5.46. The predicted molar refractivity (Wildman–Crippen MR) is 117 cm³/mol. The summed E-state index contributed by atoms with van der Waals surface area (Å²) < 4.78 is 16.6. The summed E-state index contributed by atoms with van der Waals surface area (Å²) in [7, 11) is 5.12. The molecule has 0 radical (unpaired) electrons. The van der Waals surface area contributed by atoms with Crippen molar-refractivity contribution in [2.75, 3.05) is 40.9 Å². The van der Waals surface area contributed by atoms with Gasteiger partial charge in [-0.3, -0.25) is 9.69 Å². The van der Waals surface area contributed by atoms with Gasteiger partial charge in [-0.05, 0) is 37.1 Å². The van der Waals surface area contributed by atoms with Gasteiger partial charge in [0.2, 0.25) is 5.91 Å². The molecule has 30 heavy (non-hydrogen) atoms. The van der Waals surface area contributed by atoms with Crippen LogP contribution in [0.15, 0.2) is 42.5 Å². The number of nitrogens with zero attached hydrogens (tertiary/aromatic N) is 2. The van der Waals surface area contributed by atoms with Gasteiger partial charge in [-0.2, -0.15) is 0 Å². The number of likely N-dealkylation sites (N-methyl/N-ethyl adjacent to an activating group) is 1. The quantitative estimate of drug-likeness (QED) is 0.665. The van der Waals surface area contributed by atoms with Crippen LogP contribution >= 0.6 is 0 Å². The van der Waals surface area contributed by atoms with Gasteiger partial charge < -0.3 is 19.1 Å². The molecule has 0 N–H and O–H groups in total. The highest BCUT2D eigenvalue weighted by molar-refractivity contribution is 5.76. The zero-order valence-corrected chi connectivity index (χ0v) is 18.4. The number of hydrogen-bond donors (Lipinski definition) is 0. The minimum atomic E-state index is 0.103. The molecule has 1 amide bonds. The fourth-order valence-corrected chi connectivity index (χ4v) is 3.75. The monoisotopic (exact) mass is 412 g/mol. The molecule has 6 nitrogen and oxygen atoms in total. The van der Waals surface area contributed by atoms with E-state index in [1.807, 2.05) is 48.3 Å². The van der Waals surface area contributed by atoms with Crippen molar-refractivity contribution in [3.63, 3.8) is 0 Å². The Labute approximate surface area is 179 Å². The van der Waals surface area contributed by atoms with E-state index in [4.69, 9.17) is 14.2 Å². The van der Waals surface area contributed by atoms with E-state index < -0.39 is 0 Å². The average molecular weight is 413 g/mol. The van der Waals surface area contributed by atoms with Gasteiger partial charge in [0.25, 0.3) is 0 Å². The zero-order valence-electron chi connectivity index (χ0n) is 18.4. The fourth-order valence-electron chi connectivity index (χ4n) is 3.75. The fraction of sp³-hybridized carbons (Fsp3) is 0.458. The Morgan fingerprint density at radius 1 is 1.17 bits per heavy atom. The van der Waals surface area contributed by atoms with Crippen molar-refractivity contribution in [2.45, 2.75) is 32.4 Å². The molecular formula is C24H32N2O4. The Bertz CT molecular complexity index is 855. The lowest BCUT2D eigenvalue weighted by atomic mass is 10.1. The first-order valence-corrected chi connectivity index (χ1v) is 10.4. The maximum atomic E-state index is 12.7. The molecule has 1 aliphatic heterocycles. The normalized spacial score (nSPS) is 16.2. The first kappa shape index (κ1) is 22.0. The number of rotatable bonds is 8. The van der Waals surface area contributed by atoms with Crippen molar-refractivity contribution >= 4 is 5.91 Å². The summed E-state index contributed by atoms with van der Waals surface area (Å²) in [5.74, 6) is 2.53. The van der Waals surface area contributed by atoms with Gasteiger partial charge >= 0.3 is 0 Å². The second-order valence-electron chi connectivity index (χ2n) is 7.78. The first-order chi connectivity index (χ1) is 14.5. The van der Waals surface area contributed by atoms with Crippen molar-refractivity contribution in [2.24, 2.45) is 0 Å². The second-order valence-corrected chi connectivity index (χ2v) is 7.78. The van der Waals surface area contributed by atoms with E-state index in [1.54, 1.807) is 14.2 Å². The van der Waals surface area contributed by atoms with Gasteiger partial charge in [0, 0.05) is 45.2 Å². The molecule has 1 aliphatic rings. The summed E-state index contributed by atoms with van der Waals surface area (Å²) in [5.41, 5.74) is 2.29. The summed E-state index contributed by atoms with van der Waals surface area (Å²) in [6, 6.07) is 14.0. The van der Waals surface area contributed by atoms with Crippen LogP contribution in [-0.4, -0.2) is 62.7 Å². The number of amides is 1. The maximum Gasteiger partial charge on any atom is 0.223 e.